The number of tetrazole rings is 1. The van der Waals surface area contributed by atoms with E-state index in [9.17, 15) is 44.3 Å². The van der Waals surface area contributed by atoms with E-state index in [4.69, 9.17) is 10.5 Å². The van der Waals surface area contributed by atoms with E-state index in [-0.39, 0.29) is 42.8 Å². The Morgan fingerprint density at radius 3 is 2.11 bits per heavy atom. The lowest BCUT2D eigenvalue weighted by Gasteiger charge is -2.43. The SMILES string of the molecule is CC(C)OC(=O)N1c2ccc(C(F)(F)F)cc2[C@@H](N(Cc2cc(C(F)(F)F)cc(C(F)(F)F)c2)c2nnn(CCN)n2)C[C@H]1C. The molecule has 0 spiro atoms. The zero-order chi connectivity index (χ0) is 33.5. The lowest BCUT2D eigenvalue weighted by molar-refractivity contribution is -0.143. The maximum Gasteiger partial charge on any atom is 0.416 e. The summed E-state index contributed by atoms with van der Waals surface area (Å²) in [5.41, 5.74) is 0.688. The molecule has 1 aliphatic heterocycles. The molecule has 45 heavy (non-hydrogen) atoms. The Kier molecular flexibility index (Phi) is 9.28. The van der Waals surface area contributed by atoms with Crippen LogP contribution in [0.15, 0.2) is 36.4 Å². The van der Waals surface area contributed by atoms with Crippen molar-refractivity contribution in [3.8, 4) is 0 Å². The molecule has 2 atom stereocenters. The van der Waals surface area contributed by atoms with E-state index in [1.807, 2.05) is 0 Å². The first kappa shape index (κ1) is 33.8. The fraction of sp³-hybridized carbons (Fsp3) is 0.481. The molecule has 1 amide bonds. The van der Waals surface area contributed by atoms with Gasteiger partial charge in [-0.1, -0.05) is 5.10 Å². The van der Waals surface area contributed by atoms with Crippen LogP contribution in [0.25, 0.3) is 0 Å². The van der Waals surface area contributed by atoms with E-state index >= 15 is 0 Å². The van der Waals surface area contributed by atoms with Gasteiger partial charge in [0.1, 0.15) is 0 Å². The van der Waals surface area contributed by atoms with Crippen LogP contribution in [0.3, 0.4) is 0 Å². The molecule has 0 unspecified atom stereocenters. The summed E-state index contributed by atoms with van der Waals surface area (Å²) < 4.78 is 129. The van der Waals surface area contributed by atoms with Crippen LogP contribution in [-0.4, -0.2) is 45.0 Å². The number of hydrogen-bond acceptors (Lipinski definition) is 7. The van der Waals surface area contributed by atoms with E-state index in [0.29, 0.717) is 12.1 Å². The number of benzene rings is 2. The van der Waals surface area contributed by atoms with Gasteiger partial charge in [-0.3, -0.25) is 4.90 Å². The van der Waals surface area contributed by atoms with Gasteiger partial charge in [0.25, 0.3) is 5.95 Å². The predicted octanol–water partition coefficient (Wildman–Crippen LogP) is 6.58. The highest BCUT2D eigenvalue weighted by molar-refractivity contribution is 5.90. The quantitative estimate of drug-likeness (QED) is 0.288. The highest BCUT2D eigenvalue weighted by atomic mass is 19.4. The number of nitrogens with zero attached hydrogens (tertiary/aromatic N) is 6. The molecule has 2 N–H and O–H groups in total. The van der Waals surface area contributed by atoms with Gasteiger partial charge in [0.2, 0.25) is 0 Å². The van der Waals surface area contributed by atoms with Crippen LogP contribution < -0.4 is 15.5 Å². The highest BCUT2D eigenvalue weighted by Gasteiger charge is 2.42. The fourth-order valence-corrected chi connectivity index (χ4v) is 5.03. The number of anilines is 2. The van der Waals surface area contributed by atoms with Crippen LogP contribution in [-0.2, 0) is 36.4 Å². The fourth-order valence-electron chi connectivity index (χ4n) is 5.03. The first-order valence-electron chi connectivity index (χ1n) is 13.5. The van der Waals surface area contributed by atoms with Crippen molar-refractivity contribution in [1.29, 1.82) is 0 Å². The molecule has 0 radical (unpaired) electrons. The van der Waals surface area contributed by atoms with E-state index in [1.54, 1.807) is 20.8 Å². The van der Waals surface area contributed by atoms with Gasteiger partial charge in [0.15, 0.2) is 0 Å². The third-order valence-electron chi connectivity index (χ3n) is 6.92. The number of amides is 1. The molecule has 1 aromatic heterocycles. The molecule has 4 rings (SSSR count). The number of rotatable bonds is 7. The maximum absolute atomic E-state index is 13.9. The van der Waals surface area contributed by atoms with Crippen LogP contribution in [0.1, 0.15) is 61.1 Å². The first-order valence-corrected chi connectivity index (χ1v) is 13.5. The predicted molar refractivity (Wildman–Crippen MR) is 142 cm³/mol. The lowest BCUT2D eigenvalue weighted by atomic mass is 9.89. The molecular formula is C27H28F9N7O2. The molecule has 246 valence electrons. The number of carbonyl (C=O) groups is 1. The Morgan fingerprint density at radius 2 is 1.58 bits per heavy atom. The van der Waals surface area contributed by atoms with E-state index in [0.717, 1.165) is 32.8 Å². The number of nitrogens with two attached hydrogens (primary N) is 1. The van der Waals surface area contributed by atoms with Crippen molar-refractivity contribution in [2.24, 2.45) is 5.73 Å². The number of alkyl halides is 9. The summed E-state index contributed by atoms with van der Waals surface area (Å²) in [5.74, 6) is -0.298. The van der Waals surface area contributed by atoms with Gasteiger partial charge in [-0.05, 0) is 79.9 Å². The van der Waals surface area contributed by atoms with Gasteiger partial charge in [-0.15, -0.1) is 5.10 Å². The van der Waals surface area contributed by atoms with Gasteiger partial charge in [0, 0.05) is 19.1 Å². The van der Waals surface area contributed by atoms with Crippen molar-refractivity contribution in [3.05, 3.63) is 64.2 Å². The second-order valence-electron chi connectivity index (χ2n) is 10.7. The Bertz CT molecular complexity index is 1490. The molecule has 18 heteroatoms. The van der Waals surface area contributed by atoms with Crippen molar-refractivity contribution >= 4 is 17.7 Å². The second-order valence-corrected chi connectivity index (χ2v) is 10.7. The van der Waals surface area contributed by atoms with Crippen LogP contribution in [0.5, 0.6) is 0 Å². The average molecular weight is 654 g/mol. The Hall–Kier alpha value is -4.09. The zero-order valence-corrected chi connectivity index (χ0v) is 24.0. The Labute approximate surface area is 250 Å². The van der Waals surface area contributed by atoms with Gasteiger partial charge in [-0.2, -0.15) is 44.3 Å². The van der Waals surface area contributed by atoms with Crippen molar-refractivity contribution in [2.45, 2.75) is 77.0 Å². The minimum Gasteiger partial charge on any atom is -0.446 e. The molecule has 3 aromatic rings. The van der Waals surface area contributed by atoms with Crippen LogP contribution in [0, 0.1) is 0 Å². The zero-order valence-electron chi connectivity index (χ0n) is 24.0. The van der Waals surface area contributed by atoms with Crippen molar-refractivity contribution in [1.82, 2.24) is 20.2 Å². The molecule has 0 bridgehead atoms. The smallest absolute Gasteiger partial charge is 0.416 e. The van der Waals surface area contributed by atoms with E-state index < -0.39 is 71.6 Å². The van der Waals surface area contributed by atoms with Gasteiger partial charge in [0.05, 0.1) is 41.1 Å². The summed E-state index contributed by atoms with van der Waals surface area (Å²) in [6.07, 6.45) is -16.7. The number of fused-ring (bicyclic) bond motifs is 1. The Morgan fingerprint density at radius 1 is 0.978 bits per heavy atom. The molecule has 0 fully saturated rings. The summed E-state index contributed by atoms with van der Waals surface area (Å²) in [6.45, 7) is 4.09. The van der Waals surface area contributed by atoms with Crippen LogP contribution >= 0.6 is 0 Å². The van der Waals surface area contributed by atoms with E-state index in [2.05, 4.69) is 15.4 Å². The largest absolute Gasteiger partial charge is 0.446 e. The molecule has 0 saturated carbocycles. The standard InChI is InChI=1S/C27H28F9N7O2/c1-14(2)45-24(44)43-15(3)8-22(20-12-17(25(28,29)30)4-5-21(20)43)41(23-38-40-42(39-23)7-6-37)13-16-9-18(26(31,32)33)11-19(10-16)27(34,35)36/h4-5,9-12,14-15,22H,6-8,13,37H2,1-3H3/t15-,22+/m1/s1. The number of aromatic nitrogens is 4. The topological polar surface area (TPSA) is 102 Å². The summed E-state index contributed by atoms with van der Waals surface area (Å²) in [7, 11) is 0. The molecule has 2 heterocycles. The number of hydrogen-bond donors (Lipinski definition) is 1. The van der Waals surface area contributed by atoms with Crippen molar-refractivity contribution < 1.29 is 49.0 Å². The minimum atomic E-state index is -5.14. The molecule has 0 saturated heterocycles. The van der Waals surface area contributed by atoms with Gasteiger partial charge < -0.3 is 15.4 Å². The summed E-state index contributed by atoms with van der Waals surface area (Å²) in [4.78, 5) is 16.4. The van der Waals surface area contributed by atoms with Crippen LogP contribution in [0.4, 0.5) is 55.9 Å². The third kappa shape index (κ3) is 7.59. The molecule has 2 aromatic carbocycles. The lowest BCUT2D eigenvalue weighted by Crippen LogP contribution is -2.47. The monoisotopic (exact) mass is 653 g/mol. The highest BCUT2D eigenvalue weighted by Crippen LogP contribution is 2.45. The average Bonchev–Trinajstić information content (AvgIpc) is 3.37. The number of halogens is 9. The third-order valence-corrected chi connectivity index (χ3v) is 6.92. The maximum atomic E-state index is 13.9. The van der Waals surface area contributed by atoms with Gasteiger partial charge in [-0.25, -0.2) is 4.79 Å². The summed E-state index contributed by atoms with van der Waals surface area (Å²) in [6, 6.07) is 1.63. The summed E-state index contributed by atoms with van der Waals surface area (Å²) >= 11 is 0. The normalized spacial score (nSPS) is 17.4. The minimum absolute atomic E-state index is 0.00299. The number of carbonyl (C=O) groups excluding carboxylic acids is 1. The van der Waals surface area contributed by atoms with Crippen molar-refractivity contribution in [2.75, 3.05) is 16.3 Å². The molecule has 0 aliphatic carbocycles. The van der Waals surface area contributed by atoms with Gasteiger partial charge >= 0.3 is 24.6 Å². The molecular weight excluding hydrogens is 625 g/mol. The van der Waals surface area contributed by atoms with Crippen LogP contribution in [0.2, 0.25) is 0 Å². The first-order chi connectivity index (χ1) is 20.8. The summed E-state index contributed by atoms with van der Waals surface area (Å²) in [5, 5.41) is 11.9. The molecule has 1 aliphatic rings. The second kappa shape index (κ2) is 12.4. The van der Waals surface area contributed by atoms with E-state index in [1.165, 1.54) is 0 Å². The number of ether oxygens (including phenoxy) is 1. The Balaban J connectivity index is 1.93. The molecule has 9 nitrogen and oxygen atoms in total. The van der Waals surface area contributed by atoms with Crippen molar-refractivity contribution in [3.63, 3.8) is 0 Å².